The highest BCUT2D eigenvalue weighted by molar-refractivity contribution is 6.36. The number of amides is 2. The third-order valence-corrected chi connectivity index (χ3v) is 6.25. The molecule has 0 bridgehead atoms. The highest BCUT2D eigenvalue weighted by atomic mass is 16.5. The molecule has 0 aromatic heterocycles. The van der Waals surface area contributed by atoms with Crippen LogP contribution >= 0.6 is 0 Å². The minimum atomic E-state index is -0.301. The number of rotatable bonds is 8. The lowest BCUT2D eigenvalue weighted by molar-refractivity contribution is -0.138. The lowest BCUT2D eigenvalue weighted by atomic mass is 10.0. The maximum Gasteiger partial charge on any atom is 0.278 e. The molecule has 1 saturated heterocycles. The summed E-state index contributed by atoms with van der Waals surface area (Å²) >= 11 is 0. The summed E-state index contributed by atoms with van der Waals surface area (Å²) in [5.74, 6) is 0.168. The monoisotopic (exact) mass is 462 g/mol. The van der Waals surface area contributed by atoms with E-state index in [1.165, 1.54) is 4.90 Å². The van der Waals surface area contributed by atoms with Crippen molar-refractivity contribution in [2.75, 3.05) is 50.1 Å². The van der Waals surface area contributed by atoms with Crippen LogP contribution in [0.3, 0.4) is 0 Å². The van der Waals surface area contributed by atoms with E-state index in [-0.39, 0.29) is 17.9 Å². The van der Waals surface area contributed by atoms with Crippen molar-refractivity contribution < 1.29 is 14.3 Å². The fourth-order valence-corrected chi connectivity index (χ4v) is 4.30. The molecule has 4 rings (SSSR count). The van der Waals surface area contributed by atoms with Crippen molar-refractivity contribution in [1.29, 1.82) is 0 Å². The van der Waals surface area contributed by atoms with Crippen LogP contribution < -0.4 is 15.0 Å². The van der Waals surface area contributed by atoms with Crippen LogP contribution in [0.4, 0.5) is 11.4 Å². The number of carbonyl (C=O) groups excluding carboxylic acids is 2. The van der Waals surface area contributed by atoms with Crippen LogP contribution in [0.25, 0.3) is 5.57 Å². The summed E-state index contributed by atoms with van der Waals surface area (Å²) in [6.45, 7) is 10.5. The molecule has 0 aliphatic carbocycles. The van der Waals surface area contributed by atoms with Crippen LogP contribution in [0.15, 0.2) is 54.2 Å². The maximum atomic E-state index is 13.3. The average molecular weight is 463 g/mol. The van der Waals surface area contributed by atoms with Crippen molar-refractivity contribution in [1.82, 2.24) is 9.80 Å². The van der Waals surface area contributed by atoms with Crippen LogP contribution in [0, 0.1) is 0 Å². The van der Waals surface area contributed by atoms with Crippen LogP contribution in [0.5, 0.6) is 5.75 Å². The van der Waals surface area contributed by atoms with Gasteiger partial charge in [0.05, 0.1) is 12.2 Å². The molecule has 7 heteroatoms. The molecule has 7 nitrogen and oxygen atoms in total. The first-order valence-electron chi connectivity index (χ1n) is 12.0. The zero-order valence-corrected chi connectivity index (χ0v) is 20.5. The third-order valence-electron chi connectivity index (χ3n) is 6.25. The Bertz CT molecular complexity index is 1050. The van der Waals surface area contributed by atoms with E-state index in [1.54, 1.807) is 0 Å². The van der Waals surface area contributed by atoms with Crippen LogP contribution in [0.2, 0.25) is 0 Å². The molecule has 0 spiro atoms. The van der Waals surface area contributed by atoms with Crippen LogP contribution in [-0.2, 0) is 9.59 Å². The Kier molecular flexibility index (Phi) is 7.22. The number of benzene rings is 2. The molecular weight excluding hydrogens is 428 g/mol. The topological polar surface area (TPSA) is 65.1 Å². The maximum absolute atomic E-state index is 13.3. The minimum Gasteiger partial charge on any atom is -0.494 e. The van der Waals surface area contributed by atoms with Gasteiger partial charge in [0.2, 0.25) is 0 Å². The Morgan fingerprint density at radius 1 is 0.912 bits per heavy atom. The predicted molar refractivity (Wildman–Crippen MR) is 136 cm³/mol. The lowest BCUT2D eigenvalue weighted by Gasteiger charge is -2.34. The zero-order chi connectivity index (χ0) is 24.2. The van der Waals surface area contributed by atoms with E-state index in [2.05, 4.69) is 41.2 Å². The van der Waals surface area contributed by atoms with Crippen molar-refractivity contribution in [3.8, 4) is 5.75 Å². The van der Waals surface area contributed by atoms with E-state index in [0.29, 0.717) is 23.4 Å². The third kappa shape index (κ3) is 4.94. The van der Waals surface area contributed by atoms with E-state index in [1.807, 2.05) is 50.2 Å². The van der Waals surface area contributed by atoms with E-state index in [4.69, 9.17) is 4.74 Å². The van der Waals surface area contributed by atoms with Crippen molar-refractivity contribution in [2.45, 2.75) is 33.2 Å². The van der Waals surface area contributed by atoms with Crippen molar-refractivity contribution in [2.24, 2.45) is 0 Å². The van der Waals surface area contributed by atoms with Gasteiger partial charge in [0.15, 0.2) is 0 Å². The summed E-state index contributed by atoms with van der Waals surface area (Å²) in [6, 6.07) is 15.2. The number of ether oxygens (including phenoxy) is 1. The van der Waals surface area contributed by atoms with E-state index in [0.717, 1.165) is 49.7 Å². The number of anilines is 2. The van der Waals surface area contributed by atoms with Crippen LogP contribution in [-0.4, -0.2) is 67.5 Å². The second-order valence-corrected chi connectivity index (χ2v) is 9.16. The molecular formula is C27H34N4O3. The van der Waals surface area contributed by atoms with E-state index in [9.17, 15) is 9.59 Å². The van der Waals surface area contributed by atoms with Crippen LogP contribution in [0.1, 0.15) is 32.8 Å². The molecule has 1 fully saturated rings. The molecule has 2 amide bonds. The van der Waals surface area contributed by atoms with Crippen molar-refractivity contribution in [3.63, 3.8) is 0 Å². The Labute approximate surface area is 202 Å². The van der Waals surface area contributed by atoms with Gasteiger partial charge in [-0.2, -0.15) is 0 Å². The number of imide groups is 1. The van der Waals surface area contributed by atoms with Gasteiger partial charge >= 0.3 is 0 Å². The molecule has 2 aliphatic rings. The molecule has 0 unspecified atom stereocenters. The van der Waals surface area contributed by atoms with Crippen molar-refractivity contribution in [3.05, 3.63) is 59.8 Å². The van der Waals surface area contributed by atoms with Gasteiger partial charge in [-0.3, -0.25) is 14.5 Å². The fraction of sp³-hybridized carbons (Fsp3) is 0.407. The van der Waals surface area contributed by atoms with Gasteiger partial charge in [-0.15, -0.1) is 0 Å². The highest BCUT2D eigenvalue weighted by Gasteiger charge is 2.40. The molecule has 2 aromatic carbocycles. The number of carbonyl (C=O) groups is 2. The zero-order valence-electron chi connectivity index (χ0n) is 20.5. The van der Waals surface area contributed by atoms with E-state index >= 15 is 0 Å². The van der Waals surface area contributed by atoms with Crippen molar-refractivity contribution >= 4 is 28.8 Å². The quantitative estimate of drug-likeness (QED) is 0.602. The molecule has 0 saturated carbocycles. The van der Waals surface area contributed by atoms with Gasteiger partial charge in [0.25, 0.3) is 11.8 Å². The first-order chi connectivity index (χ1) is 16.4. The number of piperazine rings is 1. The van der Waals surface area contributed by atoms with Gasteiger partial charge in [0.1, 0.15) is 11.4 Å². The second kappa shape index (κ2) is 10.3. The van der Waals surface area contributed by atoms with Gasteiger partial charge in [-0.25, -0.2) is 0 Å². The SMILES string of the molecule is CCCOc1ccc(C2=C(Nc3ccc(N4CCN(C)CC4)cc3)C(=O)N(C(C)C)C2=O)cc1. The number of hydrogen-bond donors (Lipinski definition) is 1. The normalized spacial score (nSPS) is 17.2. The summed E-state index contributed by atoms with van der Waals surface area (Å²) < 4.78 is 5.67. The largest absolute Gasteiger partial charge is 0.494 e. The molecule has 1 N–H and O–H groups in total. The van der Waals surface area contributed by atoms with Gasteiger partial charge in [-0.05, 0) is 69.3 Å². The predicted octanol–water partition coefficient (Wildman–Crippen LogP) is 3.83. The molecule has 2 aromatic rings. The Morgan fingerprint density at radius 2 is 1.56 bits per heavy atom. The number of nitrogens with one attached hydrogen (secondary N) is 1. The van der Waals surface area contributed by atoms with E-state index < -0.39 is 0 Å². The number of hydrogen-bond acceptors (Lipinski definition) is 6. The summed E-state index contributed by atoms with van der Waals surface area (Å²) in [5.41, 5.74) is 3.34. The van der Waals surface area contributed by atoms with Gasteiger partial charge in [-0.1, -0.05) is 19.1 Å². The minimum absolute atomic E-state index is 0.235. The molecule has 180 valence electrons. The first kappa shape index (κ1) is 23.8. The summed E-state index contributed by atoms with van der Waals surface area (Å²) in [6.07, 6.45) is 0.922. The summed E-state index contributed by atoms with van der Waals surface area (Å²) in [5, 5.41) is 3.25. The highest BCUT2D eigenvalue weighted by Crippen LogP contribution is 2.33. The number of nitrogens with zero attached hydrogens (tertiary/aromatic N) is 3. The second-order valence-electron chi connectivity index (χ2n) is 9.16. The standard InChI is InChI=1S/C27H34N4O3/c1-5-18-34-23-12-6-20(7-13-23)24-25(27(33)31(19(2)3)26(24)32)28-21-8-10-22(11-9-21)30-16-14-29(4)15-17-30/h6-13,19,28H,5,14-18H2,1-4H3. The molecule has 0 atom stereocenters. The summed E-state index contributed by atoms with van der Waals surface area (Å²) in [7, 11) is 2.14. The van der Waals surface area contributed by atoms with Gasteiger partial charge < -0.3 is 19.9 Å². The summed E-state index contributed by atoms with van der Waals surface area (Å²) in [4.78, 5) is 32.5. The smallest absolute Gasteiger partial charge is 0.278 e. The average Bonchev–Trinajstić information content (AvgIpc) is 3.08. The van der Waals surface area contributed by atoms with Gasteiger partial charge in [0, 0.05) is 43.6 Å². The Morgan fingerprint density at radius 3 is 2.15 bits per heavy atom. The Hall–Kier alpha value is -3.32. The fourth-order valence-electron chi connectivity index (χ4n) is 4.30. The lowest BCUT2D eigenvalue weighted by Crippen LogP contribution is -2.44. The Balaban J connectivity index is 1.60. The molecule has 0 radical (unpaired) electrons. The molecule has 34 heavy (non-hydrogen) atoms. The molecule has 2 aliphatic heterocycles. The number of likely N-dealkylation sites (N-methyl/N-ethyl adjacent to an activating group) is 1. The molecule has 2 heterocycles. The first-order valence-corrected chi connectivity index (χ1v) is 12.0.